The van der Waals surface area contributed by atoms with Crippen molar-refractivity contribution in [1.29, 1.82) is 0 Å². The number of hydrogen-bond acceptors (Lipinski definition) is 4. The van der Waals surface area contributed by atoms with Gasteiger partial charge in [-0.1, -0.05) is 87.9 Å². The van der Waals surface area contributed by atoms with Crippen molar-refractivity contribution in [2.75, 3.05) is 4.90 Å². The Morgan fingerprint density at radius 3 is 2.36 bits per heavy atom. The number of benzene rings is 4. The second kappa shape index (κ2) is 9.57. The van der Waals surface area contributed by atoms with Crippen molar-refractivity contribution in [3.05, 3.63) is 119 Å². The lowest BCUT2D eigenvalue weighted by molar-refractivity contribution is 0.0983. The van der Waals surface area contributed by atoms with E-state index in [2.05, 4.69) is 15.9 Å². The molecule has 1 amide bonds. The number of hydrogen-bond donors (Lipinski definition) is 0. The minimum absolute atomic E-state index is 0.163. The van der Waals surface area contributed by atoms with Gasteiger partial charge in [0.1, 0.15) is 11.5 Å². The van der Waals surface area contributed by atoms with Crippen LogP contribution in [-0.4, -0.2) is 10.9 Å². The van der Waals surface area contributed by atoms with Crippen LogP contribution in [0.1, 0.15) is 15.9 Å². The lowest BCUT2D eigenvalue weighted by Crippen LogP contribution is -2.30. The molecule has 33 heavy (non-hydrogen) atoms. The largest absolute Gasteiger partial charge is 0.457 e. The lowest BCUT2D eigenvalue weighted by atomic mass is 10.1. The first-order valence-electron chi connectivity index (χ1n) is 10.4. The summed E-state index contributed by atoms with van der Waals surface area (Å²) in [4.78, 5) is 20.4. The second-order valence-electron chi connectivity index (χ2n) is 7.40. The second-order valence-corrected chi connectivity index (χ2v) is 9.32. The molecule has 1 heterocycles. The number of anilines is 1. The number of para-hydroxylation sites is 2. The van der Waals surface area contributed by atoms with E-state index < -0.39 is 0 Å². The standard InChI is InChI=1S/C27H19BrN2O2S/c28-20-15-16-23-25(17-20)33-27(29-23)30(18-19-9-3-1-4-10-19)26(31)22-13-7-8-14-24(22)32-21-11-5-2-6-12-21/h1-17H,18H2. The summed E-state index contributed by atoms with van der Waals surface area (Å²) >= 11 is 5.02. The Morgan fingerprint density at radius 2 is 1.58 bits per heavy atom. The third-order valence-electron chi connectivity index (χ3n) is 5.09. The van der Waals surface area contributed by atoms with Gasteiger partial charge in [0.05, 0.1) is 22.3 Å². The Kier molecular flexibility index (Phi) is 6.19. The van der Waals surface area contributed by atoms with Crippen LogP contribution in [0.4, 0.5) is 5.13 Å². The lowest BCUT2D eigenvalue weighted by Gasteiger charge is -2.21. The summed E-state index contributed by atoms with van der Waals surface area (Å²) in [7, 11) is 0. The van der Waals surface area contributed by atoms with Crippen molar-refractivity contribution in [3.63, 3.8) is 0 Å². The van der Waals surface area contributed by atoms with E-state index in [1.54, 1.807) is 11.0 Å². The van der Waals surface area contributed by atoms with E-state index in [1.807, 2.05) is 97.1 Å². The molecule has 0 saturated carbocycles. The molecule has 0 spiro atoms. The monoisotopic (exact) mass is 514 g/mol. The van der Waals surface area contributed by atoms with Crippen molar-refractivity contribution in [2.45, 2.75) is 6.54 Å². The summed E-state index contributed by atoms with van der Waals surface area (Å²) < 4.78 is 8.06. The number of rotatable bonds is 6. The maximum atomic E-state index is 13.9. The van der Waals surface area contributed by atoms with Gasteiger partial charge < -0.3 is 4.74 Å². The molecular weight excluding hydrogens is 496 g/mol. The fourth-order valence-electron chi connectivity index (χ4n) is 3.49. The highest BCUT2D eigenvalue weighted by atomic mass is 79.9. The van der Waals surface area contributed by atoms with E-state index in [0.717, 1.165) is 20.3 Å². The van der Waals surface area contributed by atoms with Crippen LogP contribution in [0.3, 0.4) is 0 Å². The summed E-state index contributed by atoms with van der Waals surface area (Å²) in [6, 6.07) is 32.7. The minimum atomic E-state index is -0.163. The van der Waals surface area contributed by atoms with Crippen LogP contribution in [-0.2, 0) is 6.54 Å². The molecule has 0 bridgehead atoms. The molecular formula is C27H19BrN2O2S. The fourth-order valence-corrected chi connectivity index (χ4v) is 5.00. The third kappa shape index (κ3) is 4.82. The summed E-state index contributed by atoms with van der Waals surface area (Å²) in [5.41, 5.74) is 2.36. The van der Waals surface area contributed by atoms with Gasteiger partial charge in [-0.15, -0.1) is 0 Å². The van der Waals surface area contributed by atoms with Crippen molar-refractivity contribution in [1.82, 2.24) is 4.98 Å². The Hall–Kier alpha value is -3.48. The van der Waals surface area contributed by atoms with Gasteiger partial charge in [-0.05, 0) is 48.0 Å². The molecule has 0 aliphatic carbocycles. The van der Waals surface area contributed by atoms with E-state index in [1.165, 1.54) is 11.3 Å². The molecule has 0 fully saturated rings. The van der Waals surface area contributed by atoms with Gasteiger partial charge in [-0.3, -0.25) is 9.69 Å². The number of halogens is 1. The number of nitrogens with zero attached hydrogens (tertiary/aromatic N) is 2. The molecule has 5 aromatic rings. The maximum absolute atomic E-state index is 13.9. The van der Waals surface area contributed by atoms with Crippen LogP contribution in [0.5, 0.6) is 11.5 Å². The number of carbonyl (C=O) groups is 1. The maximum Gasteiger partial charge on any atom is 0.264 e. The van der Waals surface area contributed by atoms with Gasteiger partial charge in [-0.25, -0.2) is 4.98 Å². The SMILES string of the molecule is O=C(c1ccccc1Oc1ccccc1)N(Cc1ccccc1)c1nc2ccc(Br)cc2s1. The summed E-state index contributed by atoms with van der Waals surface area (Å²) in [6.07, 6.45) is 0. The number of aromatic nitrogens is 1. The molecule has 0 aliphatic rings. The number of amides is 1. The van der Waals surface area contributed by atoms with E-state index in [9.17, 15) is 4.79 Å². The highest BCUT2D eigenvalue weighted by Gasteiger charge is 2.24. The van der Waals surface area contributed by atoms with Gasteiger partial charge >= 0.3 is 0 Å². The first-order chi connectivity index (χ1) is 16.2. The molecule has 1 aromatic heterocycles. The predicted octanol–water partition coefficient (Wildman–Crippen LogP) is 7.70. The van der Waals surface area contributed by atoms with Gasteiger partial charge in [0, 0.05) is 4.47 Å². The van der Waals surface area contributed by atoms with Crippen molar-refractivity contribution >= 4 is 48.5 Å². The average Bonchev–Trinajstić information content (AvgIpc) is 3.27. The van der Waals surface area contributed by atoms with Crippen molar-refractivity contribution in [3.8, 4) is 11.5 Å². The Balaban J connectivity index is 1.56. The van der Waals surface area contributed by atoms with Crippen LogP contribution < -0.4 is 9.64 Å². The van der Waals surface area contributed by atoms with Crippen molar-refractivity contribution < 1.29 is 9.53 Å². The molecule has 4 nitrogen and oxygen atoms in total. The summed E-state index contributed by atoms with van der Waals surface area (Å²) in [5, 5.41) is 0.645. The average molecular weight is 515 g/mol. The van der Waals surface area contributed by atoms with Crippen LogP contribution in [0.2, 0.25) is 0 Å². The Morgan fingerprint density at radius 1 is 0.879 bits per heavy atom. The molecule has 5 rings (SSSR count). The topological polar surface area (TPSA) is 42.4 Å². The first-order valence-corrected chi connectivity index (χ1v) is 12.0. The quantitative estimate of drug-likeness (QED) is 0.233. The summed E-state index contributed by atoms with van der Waals surface area (Å²) in [6.45, 7) is 0.403. The smallest absolute Gasteiger partial charge is 0.264 e. The first kappa shape index (κ1) is 21.4. The van der Waals surface area contributed by atoms with E-state index in [4.69, 9.17) is 9.72 Å². The molecule has 0 atom stereocenters. The van der Waals surface area contributed by atoms with E-state index >= 15 is 0 Å². The van der Waals surface area contributed by atoms with Crippen LogP contribution in [0, 0.1) is 0 Å². The van der Waals surface area contributed by atoms with Gasteiger partial charge in [-0.2, -0.15) is 0 Å². The molecule has 162 valence electrons. The highest BCUT2D eigenvalue weighted by molar-refractivity contribution is 9.10. The van der Waals surface area contributed by atoms with Crippen LogP contribution >= 0.6 is 27.3 Å². The van der Waals surface area contributed by atoms with Gasteiger partial charge in [0.25, 0.3) is 5.91 Å². The Bertz CT molecular complexity index is 1400. The van der Waals surface area contributed by atoms with Crippen molar-refractivity contribution in [2.24, 2.45) is 0 Å². The highest BCUT2D eigenvalue weighted by Crippen LogP contribution is 2.34. The van der Waals surface area contributed by atoms with E-state index in [0.29, 0.717) is 28.7 Å². The van der Waals surface area contributed by atoms with E-state index in [-0.39, 0.29) is 5.91 Å². The molecule has 0 aliphatic heterocycles. The number of ether oxygens (including phenoxy) is 1. The molecule has 6 heteroatoms. The molecule has 4 aromatic carbocycles. The number of fused-ring (bicyclic) bond motifs is 1. The Labute approximate surface area is 204 Å². The normalized spacial score (nSPS) is 10.8. The zero-order valence-electron chi connectivity index (χ0n) is 17.5. The van der Waals surface area contributed by atoms with Gasteiger partial charge in [0.15, 0.2) is 5.13 Å². The summed E-state index contributed by atoms with van der Waals surface area (Å²) in [5.74, 6) is 1.02. The number of thiazole rings is 1. The number of carbonyl (C=O) groups excluding carboxylic acids is 1. The van der Waals surface area contributed by atoms with Crippen LogP contribution in [0.15, 0.2) is 108 Å². The predicted molar refractivity (Wildman–Crippen MR) is 137 cm³/mol. The zero-order chi connectivity index (χ0) is 22.6. The molecule has 0 N–H and O–H groups in total. The molecule has 0 saturated heterocycles. The zero-order valence-corrected chi connectivity index (χ0v) is 19.9. The third-order valence-corrected chi connectivity index (χ3v) is 6.62. The minimum Gasteiger partial charge on any atom is -0.457 e. The van der Waals surface area contributed by atoms with Gasteiger partial charge in [0.2, 0.25) is 0 Å². The fraction of sp³-hybridized carbons (Fsp3) is 0.0370. The van der Waals surface area contributed by atoms with Crippen LogP contribution in [0.25, 0.3) is 10.2 Å². The molecule has 0 unspecified atom stereocenters. The molecule has 0 radical (unpaired) electrons.